The molecule has 1 saturated carbocycles. The van der Waals surface area contributed by atoms with Crippen LogP contribution in [0.15, 0.2) is 18.2 Å². The monoisotopic (exact) mass is 293 g/mol. The zero-order valence-electron chi connectivity index (χ0n) is 13.3. The summed E-state index contributed by atoms with van der Waals surface area (Å²) in [6.07, 6.45) is 7.20. The Balaban J connectivity index is 2.15. The molecule has 1 fully saturated rings. The van der Waals surface area contributed by atoms with Gasteiger partial charge >= 0.3 is 0 Å². The molecule has 0 amide bonds. The lowest BCUT2D eigenvalue weighted by Gasteiger charge is -2.26. The molecule has 2 rings (SSSR count). The van der Waals surface area contributed by atoms with Crippen LogP contribution >= 0.6 is 0 Å². The summed E-state index contributed by atoms with van der Waals surface area (Å²) in [7, 11) is 1.58. The second-order valence-corrected chi connectivity index (χ2v) is 6.10. The van der Waals surface area contributed by atoms with E-state index in [4.69, 9.17) is 4.74 Å². The lowest BCUT2D eigenvalue weighted by Crippen LogP contribution is -2.27. The van der Waals surface area contributed by atoms with Gasteiger partial charge in [-0.1, -0.05) is 32.3 Å². The van der Waals surface area contributed by atoms with Gasteiger partial charge in [-0.15, -0.1) is 0 Å². The van der Waals surface area contributed by atoms with E-state index in [1.54, 1.807) is 7.11 Å². The van der Waals surface area contributed by atoms with E-state index in [9.17, 15) is 4.39 Å². The molecule has 2 unspecified atom stereocenters. The van der Waals surface area contributed by atoms with Gasteiger partial charge in [-0.25, -0.2) is 4.39 Å². The Hall–Kier alpha value is -1.09. The number of hydrogen-bond acceptors (Lipinski definition) is 2. The number of methoxy groups -OCH3 is 1. The molecule has 1 aromatic rings. The lowest BCUT2D eigenvalue weighted by atomic mass is 9.82. The Bertz CT molecular complexity index is 435. The summed E-state index contributed by atoms with van der Waals surface area (Å²) in [5.74, 6) is 1.37. The minimum Gasteiger partial charge on any atom is -0.497 e. The summed E-state index contributed by atoms with van der Waals surface area (Å²) < 4.78 is 19.5. The Morgan fingerprint density at radius 1 is 1.24 bits per heavy atom. The van der Waals surface area contributed by atoms with Crippen LogP contribution in [0.3, 0.4) is 0 Å². The van der Waals surface area contributed by atoms with Crippen molar-refractivity contribution in [2.45, 2.75) is 51.4 Å². The van der Waals surface area contributed by atoms with Crippen molar-refractivity contribution in [1.29, 1.82) is 0 Å². The van der Waals surface area contributed by atoms with Crippen molar-refractivity contribution in [3.8, 4) is 5.75 Å². The van der Waals surface area contributed by atoms with Crippen molar-refractivity contribution in [3.05, 3.63) is 29.6 Å². The zero-order valence-corrected chi connectivity index (χ0v) is 13.3. The molecule has 0 aromatic heterocycles. The topological polar surface area (TPSA) is 21.3 Å². The molecule has 21 heavy (non-hydrogen) atoms. The van der Waals surface area contributed by atoms with Gasteiger partial charge in [-0.3, -0.25) is 0 Å². The maximum atomic E-state index is 14.4. The van der Waals surface area contributed by atoms with Crippen molar-refractivity contribution in [2.24, 2.45) is 5.92 Å². The van der Waals surface area contributed by atoms with Gasteiger partial charge in [-0.2, -0.15) is 0 Å². The van der Waals surface area contributed by atoms with Crippen LogP contribution in [-0.4, -0.2) is 20.2 Å². The van der Waals surface area contributed by atoms with Crippen LogP contribution in [0.2, 0.25) is 0 Å². The number of halogens is 1. The van der Waals surface area contributed by atoms with Crippen LogP contribution in [0.4, 0.5) is 4.39 Å². The Labute approximate surface area is 128 Å². The normalized spacial score (nSPS) is 22.8. The van der Waals surface area contributed by atoms with Crippen molar-refractivity contribution in [1.82, 2.24) is 5.32 Å². The first kappa shape index (κ1) is 16.3. The van der Waals surface area contributed by atoms with Crippen molar-refractivity contribution in [2.75, 3.05) is 20.2 Å². The van der Waals surface area contributed by atoms with Crippen molar-refractivity contribution >= 4 is 0 Å². The third-order valence-electron chi connectivity index (χ3n) is 4.60. The Kier molecular flexibility index (Phi) is 6.50. The third kappa shape index (κ3) is 4.44. The first-order chi connectivity index (χ1) is 10.3. The molecule has 0 bridgehead atoms. The van der Waals surface area contributed by atoms with E-state index in [0.717, 1.165) is 31.5 Å². The summed E-state index contributed by atoms with van der Waals surface area (Å²) in [5, 5.41) is 3.53. The third-order valence-corrected chi connectivity index (χ3v) is 4.60. The summed E-state index contributed by atoms with van der Waals surface area (Å²) in [4.78, 5) is 0. The quantitative estimate of drug-likeness (QED) is 0.616. The highest BCUT2D eigenvalue weighted by Crippen LogP contribution is 2.38. The van der Waals surface area contributed by atoms with Gasteiger partial charge in [-0.05, 0) is 55.8 Å². The van der Waals surface area contributed by atoms with Gasteiger partial charge in [0.1, 0.15) is 11.6 Å². The van der Waals surface area contributed by atoms with E-state index >= 15 is 0 Å². The average Bonchev–Trinajstić information content (AvgIpc) is 2.73. The minimum absolute atomic E-state index is 0.109. The number of hydrogen-bond donors (Lipinski definition) is 1. The van der Waals surface area contributed by atoms with Gasteiger partial charge in [0.25, 0.3) is 0 Å². The predicted molar refractivity (Wildman–Crippen MR) is 85.4 cm³/mol. The molecule has 0 saturated heterocycles. The summed E-state index contributed by atoms with van der Waals surface area (Å²) in [6, 6.07) is 5.34. The minimum atomic E-state index is -0.109. The summed E-state index contributed by atoms with van der Waals surface area (Å²) in [6.45, 7) is 4.24. The van der Waals surface area contributed by atoms with Gasteiger partial charge in [0, 0.05) is 6.07 Å². The molecule has 0 heterocycles. The predicted octanol–water partition coefficient (Wildman–Crippen LogP) is 4.50. The van der Waals surface area contributed by atoms with Gasteiger partial charge in [0.2, 0.25) is 0 Å². The van der Waals surface area contributed by atoms with Crippen LogP contribution in [0.5, 0.6) is 5.75 Å². The molecular formula is C18H28FNO. The van der Waals surface area contributed by atoms with Crippen LogP contribution in [0.25, 0.3) is 0 Å². The van der Waals surface area contributed by atoms with Gasteiger partial charge in [0.15, 0.2) is 0 Å². The van der Waals surface area contributed by atoms with E-state index in [1.807, 2.05) is 12.1 Å². The molecule has 1 aromatic carbocycles. The fraction of sp³-hybridized carbons (Fsp3) is 0.667. The molecule has 0 radical (unpaired) electrons. The lowest BCUT2D eigenvalue weighted by molar-refractivity contribution is 0.364. The second kappa shape index (κ2) is 8.38. The molecule has 2 atom stereocenters. The number of benzene rings is 1. The van der Waals surface area contributed by atoms with Crippen LogP contribution in [0, 0.1) is 11.7 Å². The van der Waals surface area contributed by atoms with Crippen LogP contribution < -0.4 is 10.1 Å². The van der Waals surface area contributed by atoms with Gasteiger partial charge < -0.3 is 10.1 Å². The van der Waals surface area contributed by atoms with E-state index in [1.165, 1.54) is 31.7 Å². The number of rotatable bonds is 6. The molecule has 3 heteroatoms. The van der Waals surface area contributed by atoms with E-state index in [0.29, 0.717) is 17.6 Å². The number of nitrogens with one attached hydrogen (secondary N) is 1. The van der Waals surface area contributed by atoms with E-state index < -0.39 is 0 Å². The highest BCUT2D eigenvalue weighted by Gasteiger charge is 2.27. The smallest absolute Gasteiger partial charge is 0.130 e. The molecule has 1 aliphatic rings. The van der Waals surface area contributed by atoms with E-state index in [-0.39, 0.29) is 5.82 Å². The van der Waals surface area contributed by atoms with Crippen molar-refractivity contribution < 1.29 is 9.13 Å². The molecule has 2 nitrogen and oxygen atoms in total. The maximum Gasteiger partial charge on any atom is 0.130 e. The largest absolute Gasteiger partial charge is 0.497 e. The van der Waals surface area contributed by atoms with Crippen LogP contribution in [-0.2, 0) is 0 Å². The summed E-state index contributed by atoms with van der Waals surface area (Å²) >= 11 is 0. The molecule has 1 aliphatic carbocycles. The molecule has 1 N–H and O–H groups in total. The first-order valence-electron chi connectivity index (χ1n) is 8.30. The number of ether oxygens (including phenoxy) is 1. The fourth-order valence-corrected chi connectivity index (χ4v) is 3.44. The Morgan fingerprint density at radius 2 is 2.05 bits per heavy atom. The van der Waals surface area contributed by atoms with Gasteiger partial charge in [0.05, 0.1) is 7.11 Å². The van der Waals surface area contributed by atoms with Crippen LogP contribution in [0.1, 0.15) is 56.9 Å². The molecule has 118 valence electrons. The fourth-order valence-electron chi connectivity index (χ4n) is 3.44. The first-order valence-corrected chi connectivity index (χ1v) is 8.30. The highest BCUT2D eigenvalue weighted by molar-refractivity contribution is 5.31. The standard InChI is InChI=1S/C18H28FNO/c1-3-11-20-13-14-7-5-4-6-8-16(14)17-10-9-15(21-2)12-18(17)19/h9-10,12,14,16,20H,3-8,11,13H2,1-2H3. The highest BCUT2D eigenvalue weighted by atomic mass is 19.1. The SMILES string of the molecule is CCCNCC1CCCCCC1c1ccc(OC)cc1F. The second-order valence-electron chi connectivity index (χ2n) is 6.10. The molecule has 0 spiro atoms. The molecule has 0 aliphatic heterocycles. The average molecular weight is 293 g/mol. The maximum absolute atomic E-state index is 14.4. The Morgan fingerprint density at radius 3 is 2.76 bits per heavy atom. The zero-order chi connectivity index (χ0) is 15.1. The molecular weight excluding hydrogens is 265 g/mol. The van der Waals surface area contributed by atoms with Crippen molar-refractivity contribution in [3.63, 3.8) is 0 Å². The summed E-state index contributed by atoms with van der Waals surface area (Å²) in [5.41, 5.74) is 0.876. The van der Waals surface area contributed by atoms with E-state index in [2.05, 4.69) is 12.2 Å².